The first-order chi connectivity index (χ1) is 8.52. The van der Waals surface area contributed by atoms with Gasteiger partial charge >= 0.3 is 5.97 Å². The maximum Gasteiger partial charge on any atom is 0.358 e. The lowest BCUT2D eigenvalue weighted by Crippen LogP contribution is -2.05. The van der Waals surface area contributed by atoms with Gasteiger partial charge in [-0.25, -0.2) is 4.79 Å². The van der Waals surface area contributed by atoms with Crippen molar-refractivity contribution in [2.45, 2.75) is 20.8 Å². The minimum absolute atomic E-state index is 0.359. The average Bonchev–Trinajstić information content (AvgIpc) is 2.82. The SMILES string of the molecule is CCOC(=O)c1cc(-c2cc(C)sc2C)n(C)n1. The van der Waals surface area contributed by atoms with E-state index in [9.17, 15) is 4.79 Å². The standard InChI is InChI=1S/C13H16N2O2S/c1-5-17-13(16)11-7-12(15(4)14-11)10-6-8(2)18-9(10)3/h6-7H,5H2,1-4H3. The number of rotatable bonds is 3. The zero-order chi connectivity index (χ0) is 13.3. The first kappa shape index (κ1) is 12.8. The van der Waals surface area contributed by atoms with Gasteiger partial charge in [-0.05, 0) is 32.9 Å². The van der Waals surface area contributed by atoms with Crippen LogP contribution in [0.3, 0.4) is 0 Å². The highest BCUT2D eigenvalue weighted by atomic mass is 32.1. The second kappa shape index (κ2) is 4.94. The summed E-state index contributed by atoms with van der Waals surface area (Å²) in [6.45, 7) is 6.29. The van der Waals surface area contributed by atoms with E-state index in [0.29, 0.717) is 12.3 Å². The molecule has 0 aliphatic rings. The van der Waals surface area contributed by atoms with Gasteiger partial charge in [0.15, 0.2) is 5.69 Å². The van der Waals surface area contributed by atoms with Crippen LogP contribution in [0.5, 0.6) is 0 Å². The number of ether oxygens (including phenoxy) is 1. The molecule has 0 atom stereocenters. The Labute approximate surface area is 110 Å². The minimum Gasteiger partial charge on any atom is -0.461 e. The molecule has 0 spiro atoms. The highest BCUT2D eigenvalue weighted by Gasteiger charge is 2.16. The molecule has 0 saturated carbocycles. The number of nitrogens with zero attached hydrogens (tertiary/aromatic N) is 2. The van der Waals surface area contributed by atoms with Crippen molar-refractivity contribution in [1.29, 1.82) is 0 Å². The second-order valence-electron chi connectivity index (χ2n) is 4.09. The lowest BCUT2D eigenvalue weighted by Gasteiger charge is -1.99. The Morgan fingerprint density at radius 2 is 2.17 bits per heavy atom. The van der Waals surface area contributed by atoms with E-state index in [1.165, 1.54) is 9.75 Å². The Morgan fingerprint density at radius 3 is 2.72 bits per heavy atom. The topological polar surface area (TPSA) is 44.1 Å². The Hall–Kier alpha value is -1.62. The van der Waals surface area contributed by atoms with Gasteiger partial charge in [0, 0.05) is 22.4 Å². The zero-order valence-corrected chi connectivity index (χ0v) is 11.8. The monoisotopic (exact) mass is 264 g/mol. The summed E-state index contributed by atoms with van der Waals surface area (Å²) in [5.41, 5.74) is 2.43. The number of carbonyl (C=O) groups is 1. The summed E-state index contributed by atoms with van der Waals surface area (Å²) in [5.74, 6) is -0.371. The van der Waals surface area contributed by atoms with Crippen LogP contribution >= 0.6 is 11.3 Å². The summed E-state index contributed by atoms with van der Waals surface area (Å²) < 4.78 is 6.68. The second-order valence-corrected chi connectivity index (χ2v) is 5.55. The van der Waals surface area contributed by atoms with E-state index < -0.39 is 0 Å². The molecule has 0 N–H and O–H groups in total. The van der Waals surface area contributed by atoms with Gasteiger partial charge in [-0.2, -0.15) is 5.10 Å². The molecule has 96 valence electrons. The van der Waals surface area contributed by atoms with Crippen molar-refractivity contribution >= 4 is 17.3 Å². The highest BCUT2D eigenvalue weighted by Crippen LogP contribution is 2.30. The summed E-state index contributed by atoms with van der Waals surface area (Å²) in [6, 6.07) is 3.90. The van der Waals surface area contributed by atoms with Crippen LogP contribution in [-0.4, -0.2) is 22.4 Å². The Kier molecular flexibility index (Phi) is 3.52. The third-order valence-electron chi connectivity index (χ3n) is 2.68. The van der Waals surface area contributed by atoms with Crippen LogP contribution in [-0.2, 0) is 11.8 Å². The van der Waals surface area contributed by atoms with E-state index in [-0.39, 0.29) is 5.97 Å². The molecule has 4 nitrogen and oxygen atoms in total. The van der Waals surface area contributed by atoms with Crippen molar-refractivity contribution in [3.63, 3.8) is 0 Å². The van der Waals surface area contributed by atoms with Crippen LogP contribution in [0.2, 0.25) is 0 Å². The van der Waals surface area contributed by atoms with Crippen molar-refractivity contribution in [3.8, 4) is 11.3 Å². The minimum atomic E-state index is -0.371. The number of thiophene rings is 1. The molecule has 0 fully saturated rings. The van der Waals surface area contributed by atoms with Gasteiger partial charge < -0.3 is 4.74 Å². The van der Waals surface area contributed by atoms with Gasteiger partial charge in [-0.15, -0.1) is 11.3 Å². The van der Waals surface area contributed by atoms with Gasteiger partial charge in [-0.1, -0.05) is 0 Å². The van der Waals surface area contributed by atoms with Crippen LogP contribution in [0.15, 0.2) is 12.1 Å². The Bertz CT molecular complexity index is 584. The van der Waals surface area contributed by atoms with E-state index in [4.69, 9.17) is 4.74 Å². The first-order valence-corrected chi connectivity index (χ1v) is 6.63. The molecule has 0 aliphatic carbocycles. The van der Waals surface area contributed by atoms with Crippen molar-refractivity contribution in [1.82, 2.24) is 9.78 Å². The van der Waals surface area contributed by atoms with E-state index in [1.807, 2.05) is 7.05 Å². The summed E-state index contributed by atoms with van der Waals surface area (Å²) in [5, 5.41) is 4.20. The third-order valence-corrected chi connectivity index (χ3v) is 3.65. The molecule has 0 aliphatic heterocycles. The molecule has 5 heteroatoms. The number of esters is 1. The van der Waals surface area contributed by atoms with Gasteiger partial charge in [-0.3, -0.25) is 4.68 Å². The van der Waals surface area contributed by atoms with E-state index in [1.54, 1.807) is 29.0 Å². The quantitative estimate of drug-likeness (QED) is 0.801. The van der Waals surface area contributed by atoms with Crippen molar-refractivity contribution in [2.75, 3.05) is 6.61 Å². The summed E-state index contributed by atoms with van der Waals surface area (Å²) in [7, 11) is 1.84. The number of aromatic nitrogens is 2. The number of hydrogen-bond acceptors (Lipinski definition) is 4. The predicted molar refractivity (Wildman–Crippen MR) is 72.0 cm³/mol. The molecule has 0 radical (unpaired) electrons. The smallest absolute Gasteiger partial charge is 0.358 e. The van der Waals surface area contributed by atoms with Gasteiger partial charge in [0.25, 0.3) is 0 Å². The molecule has 0 saturated heterocycles. The van der Waals surface area contributed by atoms with Crippen LogP contribution in [0.4, 0.5) is 0 Å². The fourth-order valence-corrected chi connectivity index (χ4v) is 2.84. The fourth-order valence-electron chi connectivity index (χ4n) is 1.91. The lowest BCUT2D eigenvalue weighted by atomic mass is 10.1. The predicted octanol–water partition coefficient (Wildman–Crippen LogP) is 2.94. The van der Waals surface area contributed by atoms with E-state index in [2.05, 4.69) is 25.0 Å². The lowest BCUT2D eigenvalue weighted by molar-refractivity contribution is 0.0518. The summed E-state index contributed by atoms with van der Waals surface area (Å²) in [4.78, 5) is 14.1. The van der Waals surface area contributed by atoms with Crippen molar-refractivity contribution in [3.05, 3.63) is 27.6 Å². The molecule has 2 rings (SSSR count). The molecule has 2 aromatic heterocycles. The zero-order valence-electron chi connectivity index (χ0n) is 11.0. The van der Waals surface area contributed by atoms with Gasteiger partial charge in [0.1, 0.15) is 0 Å². The Morgan fingerprint density at radius 1 is 1.44 bits per heavy atom. The number of aryl methyl sites for hydroxylation is 3. The number of hydrogen-bond donors (Lipinski definition) is 0. The van der Waals surface area contributed by atoms with Crippen LogP contribution < -0.4 is 0 Å². The van der Waals surface area contributed by atoms with E-state index in [0.717, 1.165) is 11.3 Å². The molecule has 0 unspecified atom stereocenters. The summed E-state index contributed by atoms with van der Waals surface area (Å²) in [6.07, 6.45) is 0. The number of carbonyl (C=O) groups excluding carboxylic acids is 1. The van der Waals surface area contributed by atoms with Crippen LogP contribution in [0.1, 0.15) is 27.2 Å². The molecule has 18 heavy (non-hydrogen) atoms. The van der Waals surface area contributed by atoms with Gasteiger partial charge in [0.05, 0.1) is 12.3 Å². The third kappa shape index (κ3) is 2.31. The molecule has 0 bridgehead atoms. The molecular weight excluding hydrogens is 248 g/mol. The molecular formula is C13H16N2O2S. The molecule has 0 aromatic carbocycles. The summed E-state index contributed by atoms with van der Waals surface area (Å²) >= 11 is 1.74. The average molecular weight is 264 g/mol. The highest BCUT2D eigenvalue weighted by molar-refractivity contribution is 7.12. The fraction of sp³-hybridized carbons (Fsp3) is 0.385. The van der Waals surface area contributed by atoms with Crippen molar-refractivity contribution < 1.29 is 9.53 Å². The van der Waals surface area contributed by atoms with Gasteiger partial charge in [0.2, 0.25) is 0 Å². The maximum atomic E-state index is 11.6. The van der Waals surface area contributed by atoms with E-state index >= 15 is 0 Å². The molecule has 0 amide bonds. The largest absolute Gasteiger partial charge is 0.461 e. The molecule has 2 heterocycles. The maximum absolute atomic E-state index is 11.6. The normalized spacial score (nSPS) is 10.7. The van der Waals surface area contributed by atoms with Crippen molar-refractivity contribution in [2.24, 2.45) is 7.05 Å². The van der Waals surface area contributed by atoms with Crippen LogP contribution in [0.25, 0.3) is 11.3 Å². The Balaban J connectivity index is 2.41. The molecule has 2 aromatic rings. The van der Waals surface area contributed by atoms with Crippen LogP contribution in [0, 0.1) is 13.8 Å². The first-order valence-electron chi connectivity index (χ1n) is 5.81.